The third-order valence-electron chi connectivity index (χ3n) is 3.46. The third-order valence-corrected chi connectivity index (χ3v) is 3.46. The molecule has 0 heterocycles. The number of nitrogens with one attached hydrogen (secondary N) is 1. The Bertz CT molecular complexity index is 345. The zero-order chi connectivity index (χ0) is 12.1. The summed E-state index contributed by atoms with van der Waals surface area (Å²) in [4.78, 5) is 0. The topological polar surface area (TPSA) is 21.3 Å². The Morgan fingerprint density at radius 3 is 2.82 bits per heavy atom. The average molecular weight is 233 g/mol. The third kappa shape index (κ3) is 3.22. The van der Waals surface area contributed by atoms with E-state index in [1.807, 2.05) is 13.0 Å². The molecule has 2 heteroatoms. The van der Waals surface area contributed by atoms with Gasteiger partial charge in [-0.05, 0) is 56.3 Å². The van der Waals surface area contributed by atoms with E-state index in [4.69, 9.17) is 4.74 Å². The molecule has 0 bridgehead atoms. The lowest BCUT2D eigenvalue weighted by atomic mass is 9.76. The van der Waals surface area contributed by atoms with Crippen molar-refractivity contribution in [1.29, 1.82) is 0 Å². The Morgan fingerprint density at radius 1 is 1.29 bits per heavy atom. The molecule has 0 saturated heterocycles. The van der Waals surface area contributed by atoms with Gasteiger partial charge >= 0.3 is 0 Å². The number of ether oxygens (including phenoxy) is 1. The van der Waals surface area contributed by atoms with E-state index in [1.54, 1.807) is 0 Å². The smallest absolute Gasteiger partial charge is 0.119 e. The maximum atomic E-state index is 5.54. The molecule has 1 aromatic carbocycles. The molecule has 0 spiro atoms. The first-order valence-electron chi connectivity index (χ1n) is 6.79. The zero-order valence-corrected chi connectivity index (χ0v) is 10.9. The van der Waals surface area contributed by atoms with Crippen molar-refractivity contribution in [3.05, 3.63) is 29.8 Å². The summed E-state index contributed by atoms with van der Waals surface area (Å²) in [5, 5.41) is 3.58. The molecule has 1 N–H and O–H groups in total. The van der Waals surface area contributed by atoms with E-state index >= 15 is 0 Å². The van der Waals surface area contributed by atoms with Crippen LogP contribution in [-0.2, 0) is 0 Å². The van der Waals surface area contributed by atoms with E-state index in [0.717, 1.165) is 30.9 Å². The van der Waals surface area contributed by atoms with Crippen molar-refractivity contribution in [2.24, 2.45) is 0 Å². The van der Waals surface area contributed by atoms with Gasteiger partial charge in [0, 0.05) is 6.04 Å². The minimum absolute atomic E-state index is 0.727. The maximum Gasteiger partial charge on any atom is 0.119 e. The van der Waals surface area contributed by atoms with Crippen LogP contribution in [0.1, 0.15) is 44.6 Å². The SMILES string of the molecule is CCCNC1CC(c2cccc(OCC)c2)C1. The molecule has 1 fully saturated rings. The van der Waals surface area contributed by atoms with E-state index in [2.05, 4.69) is 30.4 Å². The molecular weight excluding hydrogens is 210 g/mol. The summed E-state index contributed by atoms with van der Waals surface area (Å²) in [6.07, 6.45) is 3.77. The van der Waals surface area contributed by atoms with Crippen LogP contribution in [0.4, 0.5) is 0 Å². The quantitative estimate of drug-likeness (QED) is 0.813. The van der Waals surface area contributed by atoms with E-state index in [9.17, 15) is 0 Å². The second-order valence-electron chi connectivity index (χ2n) is 4.82. The Hall–Kier alpha value is -1.02. The van der Waals surface area contributed by atoms with Gasteiger partial charge in [0.05, 0.1) is 6.61 Å². The zero-order valence-electron chi connectivity index (χ0n) is 10.9. The highest BCUT2D eigenvalue weighted by atomic mass is 16.5. The molecule has 0 aliphatic heterocycles. The van der Waals surface area contributed by atoms with Crippen LogP contribution < -0.4 is 10.1 Å². The van der Waals surface area contributed by atoms with Crippen molar-refractivity contribution < 1.29 is 4.74 Å². The van der Waals surface area contributed by atoms with Crippen LogP contribution in [0.5, 0.6) is 5.75 Å². The van der Waals surface area contributed by atoms with Gasteiger partial charge in [0.25, 0.3) is 0 Å². The summed E-state index contributed by atoms with van der Waals surface area (Å²) in [7, 11) is 0. The molecule has 2 rings (SSSR count). The van der Waals surface area contributed by atoms with E-state index < -0.39 is 0 Å². The normalized spacial score (nSPS) is 23.2. The molecular formula is C15H23NO. The predicted molar refractivity (Wildman–Crippen MR) is 71.7 cm³/mol. The molecule has 1 saturated carbocycles. The van der Waals surface area contributed by atoms with Crippen LogP contribution in [0.3, 0.4) is 0 Å². The van der Waals surface area contributed by atoms with Gasteiger partial charge in [-0.15, -0.1) is 0 Å². The van der Waals surface area contributed by atoms with Gasteiger partial charge in [-0.25, -0.2) is 0 Å². The largest absolute Gasteiger partial charge is 0.494 e. The molecule has 0 unspecified atom stereocenters. The van der Waals surface area contributed by atoms with Gasteiger partial charge in [0.15, 0.2) is 0 Å². The molecule has 1 aliphatic rings. The van der Waals surface area contributed by atoms with Crippen molar-refractivity contribution >= 4 is 0 Å². The average Bonchev–Trinajstić information content (AvgIpc) is 2.28. The standard InChI is InChI=1S/C15H23NO/c1-3-8-16-14-9-13(10-14)12-6-5-7-15(11-12)17-4-2/h5-7,11,13-14,16H,3-4,8-10H2,1-2H3. The fourth-order valence-electron chi connectivity index (χ4n) is 2.43. The second kappa shape index (κ2) is 6.06. The summed E-state index contributed by atoms with van der Waals surface area (Å²) < 4.78 is 5.54. The van der Waals surface area contributed by atoms with Crippen molar-refractivity contribution in [3.8, 4) is 5.75 Å². The summed E-state index contributed by atoms with van der Waals surface area (Å²) >= 11 is 0. The highest BCUT2D eigenvalue weighted by molar-refractivity contribution is 5.32. The first-order chi connectivity index (χ1) is 8.33. The van der Waals surface area contributed by atoms with Crippen LogP contribution in [0.15, 0.2) is 24.3 Å². The van der Waals surface area contributed by atoms with E-state index in [1.165, 1.54) is 24.8 Å². The first kappa shape index (κ1) is 12.4. The molecule has 1 aliphatic carbocycles. The minimum atomic E-state index is 0.727. The summed E-state index contributed by atoms with van der Waals surface area (Å²) in [5.41, 5.74) is 1.44. The van der Waals surface area contributed by atoms with Gasteiger partial charge < -0.3 is 10.1 Å². The number of hydrogen-bond donors (Lipinski definition) is 1. The van der Waals surface area contributed by atoms with E-state index in [-0.39, 0.29) is 0 Å². The molecule has 0 radical (unpaired) electrons. The second-order valence-corrected chi connectivity index (χ2v) is 4.82. The lowest BCUT2D eigenvalue weighted by Gasteiger charge is -2.36. The van der Waals surface area contributed by atoms with Crippen molar-refractivity contribution in [2.45, 2.75) is 45.1 Å². The Kier molecular flexibility index (Phi) is 4.43. The maximum absolute atomic E-state index is 5.54. The van der Waals surface area contributed by atoms with Crippen LogP contribution in [0, 0.1) is 0 Å². The molecule has 1 aromatic rings. The van der Waals surface area contributed by atoms with Gasteiger partial charge in [0.1, 0.15) is 5.75 Å². The van der Waals surface area contributed by atoms with Crippen LogP contribution in [0.25, 0.3) is 0 Å². The van der Waals surface area contributed by atoms with Gasteiger partial charge in [-0.3, -0.25) is 0 Å². The summed E-state index contributed by atoms with van der Waals surface area (Å²) in [6.45, 7) is 6.14. The predicted octanol–water partition coefficient (Wildman–Crippen LogP) is 3.33. The number of rotatable bonds is 6. The molecule has 0 aromatic heterocycles. The Morgan fingerprint density at radius 2 is 2.12 bits per heavy atom. The van der Waals surface area contributed by atoms with Crippen LogP contribution in [-0.4, -0.2) is 19.2 Å². The highest BCUT2D eigenvalue weighted by Crippen LogP contribution is 2.37. The van der Waals surface area contributed by atoms with Gasteiger partial charge in [-0.1, -0.05) is 19.1 Å². The van der Waals surface area contributed by atoms with Gasteiger partial charge in [0.2, 0.25) is 0 Å². The monoisotopic (exact) mass is 233 g/mol. The molecule has 0 amide bonds. The lowest BCUT2D eigenvalue weighted by Crippen LogP contribution is -2.40. The summed E-state index contributed by atoms with van der Waals surface area (Å²) in [5.74, 6) is 1.74. The fourth-order valence-corrected chi connectivity index (χ4v) is 2.43. The van der Waals surface area contributed by atoms with Crippen molar-refractivity contribution in [1.82, 2.24) is 5.32 Å². The number of benzene rings is 1. The lowest BCUT2D eigenvalue weighted by molar-refractivity contribution is 0.290. The Labute approximate surface area is 104 Å². The number of hydrogen-bond acceptors (Lipinski definition) is 2. The molecule has 17 heavy (non-hydrogen) atoms. The molecule has 0 atom stereocenters. The van der Waals surface area contributed by atoms with E-state index in [0.29, 0.717) is 0 Å². The van der Waals surface area contributed by atoms with Crippen molar-refractivity contribution in [3.63, 3.8) is 0 Å². The van der Waals surface area contributed by atoms with Crippen LogP contribution in [0.2, 0.25) is 0 Å². The molecule has 2 nitrogen and oxygen atoms in total. The minimum Gasteiger partial charge on any atom is -0.494 e. The Balaban J connectivity index is 1.85. The van der Waals surface area contributed by atoms with Crippen molar-refractivity contribution in [2.75, 3.05) is 13.2 Å². The summed E-state index contributed by atoms with van der Waals surface area (Å²) in [6, 6.07) is 9.30. The highest BCUT2D eigenvalue weighted by Gasteiger charge is 2.29. The molecule has 94 valence electrons. The first-order valence-corrected chi connectivity index (χ1v) is 6.79. The van der Waals surface area contributed by atoms with Crippen LogP contribution >= 0.6 is 0 Å². The van der Waals surface area contributed by atoms with Gasteiger partial charge in [-0.2, -0.15) is 0 Å². The fraction of sp³-hybridized carbons (Fsp3) is 0.600.